The van der Waals surface area contributed by atoms with Crippen molar-refractivity contribution in [2.24, 2.45) is 12.5 Å². The largest absolute Gasteiger partial charge is 0.347 e. The number of hydrogen-bond acceptors (Lipinski definition) is 2. The summed E-state index contributed by atoms with van der Waals surface area (Å²) in [6.45, 7) is 4.71. The molecule has 0 aliphatic carbocycles. The maximum atomic E-state index is 13.1. The van der Waals surface area contributed by atoms with E-state index in [0.29, 0.717) is 25.3 Å². The molecule has 3 heterocycles. The average molecular weight is 351 g/mol. The third-order valence-electron chi connectivity index (χ3n) is 5.86. The highest BCUT2D eigenvalue weighted by atomic mass is 16.2. The van der Waals surface area contributed by atoms with E-state index in [-0.39, 0.29) is 17.2 Å². The van der Waals surface area contributed by atoms with Gasteiger partial charge in [0.2, 0.25) is 5.91 Å². The fourth-order valence-electron chi connectivity index (χ4n) is 4.34. The minimum Gasteiger partial charge on any atom is -0.347 e. The summed E-state index contributed by atoms with van der Waals surface area (Å²) in [5, 5.41) is 0. The van der Waals surface area contributed by atoms with Gasteiger partial charge in [-0.05, 0) is 37.5 Å². The predicted octanol–water partition coefficient (Wildman–Crippen LogP) is 2.60. The van der Waals surface area contributed by atoms with Crippen LogP contribution in [-0.2, 0) is 18.4 Å². The van der Waals surface area contributed by atoms with Gasteiger partial charge in [0.15, 0.2) is 0 Å². The zero-order chi connectivity index (χ0) is 18.3. The molecular weight excluding hydrogens is 326 g/mol. The van der Waals surface area contributed by atoms with Crippen LogP contribution in [0.2, 0.25) is 0 Å². The van der Waals surface area contributed by atoms with Crippen LogP contribution in [0.5, 0.6) is 0 Å². The predicted molar refractivity (Wildman–Crippen MR) is 99.6 cm³/mol. The van der Waals surface area contributed by atoms with E-state index < -0.39 is 0 Å². The van der Waals surface area contributed by atoms with Crippen molar-refractivity contribution in [1.29, 1.82) is 0 Å². The summed E-state index contributed by atoms with van der Waals surface area (Å²) in [6, 6.07) is 12.0. The summed E-state index contributed by atoms with van der Waals surface area (Å²) in [5.41, 5.74) is 2.68. The molecule has 1 aromatic carbocycles. The Bertz CT molecular complexity index is 856. The van der Waals surface area contributed by atoms with Crippen LogP contribution in [0.4, 0.5) is 0 Å². The highest BCUT2D eigenvalue weighted by Gasteiger charge is 2.51. The highest BCUT2D eigenvalue weighted by molar-refractivity contribution is 5.94. The molecule has 2 aromatic rings. The third-order valence-corrected chi connectivity index (χ3v) is 5.86. The molecular formula is C21H25N3O2. The number of carbonyl (C=O) groups is 2. The van der Waals surface area contributed by atoms with Crippen LogP contribution in [-0.4, -0.2) is 45.8 Å². The van der Waals surface area contributed by atoms with Gasteiger partial charge in [-0.3, -0.25) is 9.59 Å². The number of hydrogen-bond donors (Lipinski definition) is 0. The normalized spacial score (nSPS) is 22.6. The van der Waals surface area contributed by atoms with E-state index in [1.54, 1.807) is 0 Å². The van der Waals surface area contributed by atoms with Gasteiger partial charge in [-0.15, -0.1) is 0 Å². The van der Waals surface area contributed by atoms with Gasteiger partial charge in [0.1, 0.15) is 5.69 Å². The molecule has 0 radical (unpaired) electrons. The Balaban J connectivity index is 1.46. The summed E-state index contributed by atoms with van der Waals surface area (Å²) in [4.78, 5) is 29.7. The Morgan fingerprint density at radius 2 is 1.96 bits per heavy atom. The van der Waals surface area contributed by atoms with Gasteiger partial charge >= 0.3 is 0 Å². The number of nitrogens with zero attached hydrogens (tertiary/aromatic N) is 3. The van der Waals surface area contributed by atoms with Crippen molar-refractivity contribution in [3.05, 3.63) is 59.4 Å². The lowest BCUT2D eigenvalue weighted by Gasteiger charge is -2.24. The van der Waals surface area contributed by atoms with Crippen molar-refractivity contribution in [2.45, 2.75) is 26.3 Å². The molecule has 0 unspecified atom stereocenters. The maximum Gasteiger partial charge on any atom is 0.270 e. The molecule has 2 amide bonds. The molecule has 5 heteroatoms. The van der Waals surface area contributed by atoms with Crippen LogP contribution < -0.4 is 0 Å². The van der Waals surface area contributed by atoms with Gasteiger partial charge in [-0.2, -0.15) is 0 Å². The zero-order valence-electron chi connectivity index (χ0n) is 15.4. The number of amides is 2. The van der Waals surface area contributed by atoms with E-state index in [9.17, 15) is 9.59 Å². The van der Waals surface area contributed by atoms with E-state index in [0.717, 1.165) is 19.4 Å². The van der Waals surface area contributed by atoms with Gasteiger partial charge in [0.05, 0.1) is 5.41 Å². The number of benzene rings is 1. The molecule has 5 nitrogen and oxygen atoms in total. The quantitative estimate of drug-likeness (QED) is 0.853. The fraction of sp³-hybridized carbons (Fsp3) is 0.429. The number of aryl methyl sites for hydroxylation is 2. The van der Waals surface area contributed by atoms with Crippen LogP contribution in [0, 0.1) is 12.3 Å². The maximum absolute atomic E-state index is 13.1. The number of carbonyl (C=O) groups excluding carboxylic acids is 2. The van der Waals surface area contributed by atoms with Gasteiger partial charge in [-0.1, -0.05) is 29.8 Å². The minimum atomic E-state index is -0.384. The second kappa shape index (κ2) is 6.31. The number of likely N-dealkylation sites (tertiary alicyclic amines) is 2. The SMILES string of the molecule is Cc1cccc(CN2CC[C@@]3(CCN(C(=O)c4cccn4C)C3)C2=O)c1. The molecule has 0 N–H and O–H groups in total. The van der Waals surface area contributed by atoms with Crippen LogP contribution in [0.25, 0.3) is 0 Å². The van der Waals surface area contributed by atoms with Crippen molar-refractivity contribution in [3.63, 3.8) is 0 Å². The Morgan fingerprint density at radius 3 is 2.69 bits per heavy atom. The molecule has 2 aliphatic heterocycles. The smallest absolute Gasteiger partial charge is 0.270 e. The van der Waals surface area contributed by atoms with Crippen molar-refractivity contribution >= 4 is 11.8 Å². The highest BCUT2D eigenvalue weighted by Crippen LogP contribution is 2.41. The Kier molecular flexibility index (Phi) is 4.10. The molecule has 0 bridgehead atoms. The van der Waals surface area contributed by atoms with Crippen LogP contribution in [0.1, 0.15) is 34.5 Å². The van der Waals surface area contributed by atoms with Gasteiger partial charge in [0.25, 0.3) is 5.91 Å². The van der Waals surface area contributed by atoms with Gasteiger partial charge in [-0.25, -0.2) is 0 Å². The Labute approximate surface area is 154 Å². The molecule has 26 heavy (non-hydrogen) atoms. The summed E-state index contributed by atoms with van der Waals surface area (Å²) in [5.74, 6) is 0.237. The monoisotopic (exact) mass is 351 g/mol. The van der Waals surface area contributed by atoms with Crippen LogP contribution in [0.3, 0.4) is 0 Å². The first-order chi connectivity index (χ1) is 12.5. The molecule has 4 rings (SSSR count). The first-order valence-corrected chi connectivity index (χ1v) is 9.24. The van der Waals surface area contributed by atoms with E-state index >= 15 is 0 Å². The first-order valence-electron chi connectivity index (χ1n) is 9.24. The number of rotatable bonds is 3. The molecule has 1 spiro atoms. The van der Waals surface area contributed by atoms with Crippen molar-refractivity contribution in [2.75, 3.05) is 19.6 Å². The lowest BCUT2D eigenvalue weighted by atomic mass is 9.85. The molecule has 1 atom stereocenters. The van der Waals surface area contributed by atoms with E-state index in [1.807, 2.05) is 45.8 Å². The fourth-order valence-corrected chi connectivity index (χ4v) is 4.34. The lowest BCUT2D eigenvalue weighted by Crippen LogP contribution is -2.38. The van der Waals surface area contributed by atoms with Crippen LogP contribution in [0.15, 0.2) is 42.6 Å². The first kappa shape index (κ1) is 16.9. The topological polar surface area (TPSA) is 45.5 Å². The van der Waals surface area contributed by atoms with E-state index in [2.05, 4.69) is 25.1 Å². The molecule has 136 valence electrons. The summed E-state index contributed by atoms with van der Waals surface area (Å²) >= 11 is 0. The standard InChI is InChI=1S/C21H25N3O2/c1-16-5-3-6-17(13-16)14-23-11-8-21(20(23)26)9-12-24(15-21)19(25)18-7-4-10-22(18)2/h3-7,10,13H,8-9,11-12,14-15H2,1-2H3/t21-/m0/s1. The second-order valence-electron chi connectivity index (χ2n) is 7.73. The molecule has 0 saturated carbocycles. The van der Waals surface area contributed by atoms with Crippen molar-refractivity contribution in [1.82, 2.24) is 14.4 Å². The second-order valence-corrected chi connectivity index (χ2v) is 7.73. The average Bonchev–Trinajstić information content (AvgIpc) is 3.31. The third kappa shape index (κ3) is 2.81. The molecule has 1 aromatic heterocycles. The lowest BCUT2D eigenvalue weighted by molar-refractivity contribution is -0.135. The van der Waals surface area contributed by atoms with Gasteiger partial charge < -0.3 is 14.4 Å². The van der Waals surface area contributed by atoms with Crippen LogP contribution >= 0.6 is 0 Å². The summed E-state index contributed by atoms with van der Waals surface area (Å²) in [6.07, 6.45) is 3.49. The van der Waals surface area contributed by atoms with Gasteiger partial charge in [0, 0.05) is 39.4 Å². The Hall–Kier alpha value is -2.56. The Morgan fingerprint density at radius 1 is 1.15 bits per heavy atom. The van der Waals surface area contributed by atoms with E-state index in [4.69, 9.17) is 0 Å². The molecule has 2 aliphatic rings. The molecule has 2 saturated heterocycles. The summed E-state index contributed by atoms with van der Waals surface area (Å²) < 4.78 is 1.84. The van der Waals surface area contributed by atoms with Crippen molar-refractivity contribution in [3.8, 4) is 0 Å². The van der Waals surface area contributed by atoms with Crippen molar-refractivity contribution < 1.29 is 9.59 Å². The number of aromatic nitrogens is 1. The van der Waals surface area contributed by atoms with E-state index in [1.165, 1.54) is 11.1 Å². The molecule has 2 fully saturated rings. The minimum absolute atomic E-state index is 0.0271. The summed E-state index contributed by atoms with van der Waals surface area (Å²) in [7, 11) is 1.88. The zero-order valence-corrected chi connectivity index (χ0v) is 15.4.